The van der Waals surface area contributed by atoms with Crippen LogP contribution in [0, 0.1) is 11.8 Å². The van der Waals surface area contributed by atoms with Crippen molar-refractivity contribution in [1.82, 2.24) is 4.90 Å². The van der Waals surface area contributed by atoms with Gasteiger partial charge in [-0.3, -0.25) is 9.69 Å². The summed E-state index contributed by atoms with van der Waals surface area (Å²) in [7, 11) is 1.53. The van der Waals surface area contributed by atoms with Gasteiger partial charge in [-0.15, -0.1) is 0 Å². The Morgan fingerprint density at radius 1 is 1.13 bits per heavy atom. The first-order chi connectivity index (χ1) is 21.5. The molecule has 1 fully saturated rings. The standard InChI is InChI=1S/C35H39NO9/c1-33(2,44-21-23-9-5-4-6-10-23)12-7-14-35(40,20-29(37)38)32(39)45-31-28(41-3)19-34-13-8-15-36(34)16-11-24-17-26-27(43-22-42-26)18-25(24)30(31)34/h4-6,9-10,17-19,30-31,40H,8,11,13-16,20-22H2,1-3H3,(H,37,38)/t30-,31-,34+,35-/m1/s1. The van der Waals surface area contributed by atoms with E-state index < -0.39 is 47.6 Å². The molecule has 0 bridgehead atoms. The van der Waals surface area contributed by atoms with E-state index >= 15 is 0 Å². The number of aliphatic hydroxyl groups is 1. The van der Waals surface area contributed by atoms with E-state index in [4.69, 9.17) is 23.7 Å². The fourth-order valence-corrected chi connectivity index (χ4v) is 7.05. The molecule has 2 N–H and O–H groups in total. The topological polar surface area (TPSA) is 124 Å². The minimum Gasteiger partial charge on any atom is -0.497 e. The third kappa shape index (κ3) is 6.00. The zero-order valence-electron chi connectivity index (χ0n) is 25.8. The number of hydrogen-bond donors (Lipinski definition) is 2. The zero-order valence-corrected chi connectivity index (χ0v) is 25.8. The second kappa shape index (κ2) is 12.0. The number of nitrogens with zero attached hydrogens (tertiary/aromatic N) is 1. The highest BCUT2D eigenvalue weighted by molar-refractivity contribution is 5.86. The van der Waals surface area contributed by atoms with Gasteiger partial charge in [0.2, 0.25) is 6.79 Å². The summed E-state index contributed by atoms with van der Waals surface area (Å²) in [5, 5.41) is 21.2. The number of fused-ring (bicyclic) bond motifs is 3. The molecule has 10 nitrogen and oxygen atoms in total. The highest BCUT2D eigenvalue weighted by Crippen LogP contribution is 2.55. The third-order valence-corrected chi connectivity index (χ3v) is 9.23. The minimum absolute atomic E-state index is 0.136. The summed E-state index contributed by atoms with van der Waals surface area (Å²) in [5.74, 6) is 4.74. The third-order valence-electron chi connectivity index (χ3n) is 9.23. The van der Waals surface area contributed by atoms with Gasteiger partial charge in [-0.05, 0) is 74.6 Å². The first-order valence-corrected chi connectivity index (χ1v) is 15.3. The van der Waals surface area contributed by atoms with Crippen LogP contribution in [0.5, 0.6) is 11.5 Å². The van der Waals surface area contributed by atoms with Gasteiger partial charge in [0.25, 0.3) is 0 Å². The molecule has 10 heteroatoms. The largest absolute Gasteiger partial charge is 0.497 e. The Hall–Kier alpha value is -4.04. The van der Waals surface area contributed by atoms with Crippen LogP contribution >= 0.6 is 0 Å². The maximum atomic E-state index is 13.9. The number of rotatable bonds is 9. The van der Waals surface area contributed by atoms with Crippen LogP contribution in [0.25, 0.3) is 0 Å². The van der Waals surface area contributed by atoms with Crippen molar-refractivity contribution in [2.75, 3.05) is 27.0 Å². The molecule has 0 unspecified atom stereocenters. The van der Waals surface area contributed by atoms with Gasteiger partial charge in [0.15, 0.2) is 23.2 Å². The smallest absolute Gasteiger partial charge is 0.340 e. The van der Waals surface area contributed by atoms with Crippen LogP contribution in [-0.2, 0) is 36.8 Å². The fourth-order valence-electron chi connectivity index (χ4n) is 7.05. The van der Waals surface area contributed by atoms with Gasteiger partial charge in [-0.25, -0.2) is 4.79 Å². The van der Waals surface area contributed by atoms with Crippen molar-refractivity contribution in [2.45, 2.75) is 81.3 Å². The second-order valence-electron chi connectivity index (χ2n) is 12.7. The molecular formula is C35H39NO9. The van der Waals surface area contributed by atoms with Gasteiger partial charge in [0, 0.05) is 13.0 Å². The molecule has 2 aromatic rings. The molecule has 0 saturated carbocycles. The van der Waals surface area contributed by atoms with E-state index in [-0.39, 0.29) is 12.7 Å². The number of aliphatic carboxylic acids is 1. The second-order valence-corrected chi connectivity index (χ2v) is 12.7. The fraction of sp³-hybridized carbons (Fsp3) is 0.486. The molecule has 238 valence electrons. The lowest BCUT2D eigenvalue weighted by Crippen LogP contribution is -2.49. The molecule has 45 heavy (non-hydrogen) atoms. The van der Waals surface area contributed by atoms with E-state index in [1.807, 2.05) is 48.5 Å². The van der Waals surface area contributed by atoms with Gasteiger partial charge in [0.05, 0.1) is 31.6 Å². The van der Waals surface area contributed by atoms with Crippen LogP contribution in [0.2, 0.25) is 0 Å². The van der Waals surface area contributed by atoms with E-state index in [1.54, 1.807) is 13.8 Å². The number of carboxylic acid groups (broad SMARTS) is 1. The lowest BCUT2D eigenvalue weighted by Gasteiger charge is -2.39. The quantitative estimate of drug-likeness (QED) is 0.316. The van der Waals surface area contributed by atoms with E-state index in [1.165, 1.54) is 7.11 Å². The van der Waals surface area contributed by atoms with Gasteiger partial charge < -0.3 is 33.9 Å². The molecular weight excluding hydrogens is 578 g/mol. The van der Waals surface area contributed by atoms with Crippen molar-refractivity contribution >= 4 is 11.9 Å². The monoisotopic (exact) mass is 617 g/mol. The van der Waals surface area contributed by atoms with Crippen LogP contribution in [0.1, 0.15) is 62.1 Å². The predicted octanol–water partition coefficient (Wildman–Crippen LogP) is 3.94. The number of hydrogen-bond acceptors (Lipinski definition) is 9. The summed E-state index contributed by atoms with van der Waals surface area (Å²) < 4.78 is 29.3. The highest BCUT2D eigenvalue weighted by atomic mass is 16.7. The number of carbonyl (C=O) groups is 2. The molecule has 0 aromatic heterocycles. The molecule has 3 heterocycles. The molecule has 1 saturated heterocycles. The number of benzene rings is 2. The molecule has 6 rings (SSSR count). The number of carboxylic acids is 1. The summed E-state index contributed by atoms with van der Waals surface area (Å²) in [4.78, 5) is 28.1. The van der Waals surface area contributed by atoms with Crippen LogP contribution in [0.15, 0.2) is 54.3 Å². The first-order valence-electron chi connectivity index (χ1n) is 15.3. The summed E-state index contributed by atoms with van der Waals surface area (Å²) in [6.07, 6.45) is 2.39. The number of carbonyl (C=O) groups excluding carboxylic acids is 1. The zero-order chi connectivity index (χ0) is 31.8. The van der Waals surface area contributed by atoms with Gasteiger partial charge in [-0.2, -0.15) is 0 Å². The van der Waals surface area contributed by atoms with Crippen molar-refractivity contribution in [3.8, 4) is 23.3 Å². The van der Waals surface area contributed by atoms with Crippen molar-refractivity contribution in [2.24, 2.45) is 0 Å². The Morgan fingerprint density at radius 3 is 2.62 bits per heavy atom. The van der Waals surface area contributed by atoms with E-state index in [9.17, 15) is 19.8 Å². The molecule has 4 aliphatic rings. The van der Waals surface area contributed by atoms with E-state index in [0.717, 1.165) is 49.0 Å². The predicted molar refractivity (Wildman–Crippen MR) is 162 cm³/mol. The average Bonchev–Trinajstić information content (AvgIpc) is 3.69. The minimum atomic E-state index is -2.40. The van der Waals surface area contributed by atoms with Crippen LogP contribution in [0.3, 0.4) is 0 Å². The van der Waals surface area contributed by atoms with Crippen molar-refractivity contribution in [1.29, 1.82) is 0 Å². The van der Waals surface area contributed by atoms with Gasteiger partial charge in [-0.1, -0.05) is 42.2 Å². The van der Waals surface area contributed by atoms with Gasteiger partial charge in [0.1, 0.15) is 11.4 Å². The Balaban J connectivity index is 1.27. The summed E-state index contributed by atoms with van der Waals surface area (Å²) >= 11 is 0. The summed E-state index contributed by atoms with van der Waals surface area (Å²) in [6, 6.07) is 13.6. The van der Waals surface area contributed by atoms with Crippen LogP contribution in [0.4, 0.5) is 0 Å². The van der Waals surface area contributed by atoms with Crippen molar-refractivity contribution in [3.05, 3.63) is 71.0 Å². The SMILES string of the molecule is COC1=C[C@]23CCCN2CCc2cc4c(cc2[C@@H]3[C@@H]1OC(=O)[C@@](O)(CC#CC(C)(C)OCc1ccccc1)CC(=O)O)OCO4. The Bertz CT molecular complexity index is 1560. The highest BCUT2D eigenvalue weighted by Gasteiger charge is 2.59. The summed E-state index contributed by atoms with van der Waals surface area (Å²) in [6.45, 7) is 5.68. The molecule has 0 radical (unpaired) electrons. The number of methoxy groups -OCH3 is 1. The molecule has 3 aliphatic heterocycles. The van der Waals surface area contributed by atoms with Crippen molar-refractivity contribution < 1.29 is 43.5 Å². The molecule has 0 amide bonds. The Labute approximate surface area is 262 Å². The average molecular weight is 618 g/mol. The molecule has 1 aliphatic carbocycles. The lowest BCUT2D eigenvalue weighted by atomic mass is 9.77. The van der Waals surface area contributed by atoms with E-state index in [0.29, 0.717) is 23.9 Å². The number of ether oxygens (including phenoxy) is 5. The molecule has 1 spiro atoms. The van der Waals surface area contributed by atoms with Crippen molar-refractivity contribution in [3.63, 3.8) is 0 Å². The normalized spacial score (nSPS) is 24.6. The van der Waals surface area contributed by atoms with Crippen LogP contribution in [-0.4, -0.2) is 76.9 Å². The molecule has 4 atom stereocenters. The maximum absolute atomic E-state index is 13.9. The van der Waals surface area contributed by atoms with E-state index in [2.05, 4.69) is 16.7 Å². The number of esters is 1. The van der Waals surface area contributed by atoms with Gasteiger partial charge >= 0.3 is 11.9 Å². The first kappa shape index (κ1) is 31.0. The summed E-state index contributed by atoms with van der Waals surface area (Å²) in [5.41, 5.74) is -0.797. The Kier molecular flexibility index (Phi) is 8.29. The molecule has 2 aromatic carbocycles. The van der Waals surface area contributed by atoms with Crippen LogP contribution < -0.4 is 9.47 Å². The maximum Gasteiger partial charge on any atom is 0.340 e. The Morgan fingerprint density at radius 2 is 1.89 bits per heavy atom. The lowest BCUT2D eigenvalue weighted by molar-refractivity contribution is -0.176.